The van der Waals surface area contributed by atoms with Crippen LogP contribution in [0.1, 0.15) is 386 Å². The number of aliphatic hydroxyl groups excluding tert-OH is 5. The Bertz CT molecular complexity index is 1440. The van der Waals surface area contributed by atoms with E-state index in [-0.39, 0.29) is 12.5 Å². The molecule has 1 aliphatic rings. The molecule has 1 rings (SSSR count). The largest absolute Gasteiger partial charge is 0.394 e. The van der Waals surface area contributed by atoms with Gasteiger partial charge in [0.15, 0.2) is 6.29 Å². The van der Waals surface area contributed by atoms with Crippen molar-refractivity contribution in [1.29, 1.82) is 0 Å². The molecule has 0 saturated carbocycles. The first-order chi connectivity index (χ1) is 41.8. The van der Waals surface area contributed by atoms with Gasteiger partial charge in [0.25, 0.3) is 0 Å². The van der Waals surface area contributed by atoms with Gasteiger partial charge in [-0.05, 0) is 44.9 Å². The van der Waals surface area contributed by atoms with E-state index in [1.807, 2.05) is 6.08 Å². The van der Waals surface area contributed by atoms with Crippen LogP contribution < -0.4 is 5.32 Å². The van der Waals surface area contributed by atoms with E-state index >= 15 is 0 Å². The zero-order chi connectivity index (χ0) is 61.4. The molecule has 0 bridgehead atoms. The lowest BCUT2D eigenvalue weighted by atomic mass is 9.99. The van der Waals surface area contributed by atoms with Crippen LogP contribution in [0.2, 0.25) is 0 Å². The fourth-order valence-electron chi connectivity index (χ4n) is 12.3. The Morgan fingerprint density at radius 2 is 0.671 bits per heavy atom. The maximum Gasteiger partial charge on any atom is 0.220 e. The average molecular weight is 1200 g/mol. The standard InChI is InChI=1S/C76H145NO8/c1-3-5-7-9-11-13-15-17-19-21-23-25-27-28-29-30-31-32-33-34-35-36-37-38-39-40-41-42-43-44-46-48-50-52-54-56-58-60-62-64-66-72(80)77-69(68-84-76-75(83)74(82)73(81)71(67-78)85-76)70(79)65-63-61-59-57-55-53-51-49-47-45-26-24-22-20-18-16-14-12-10-8-6-4-2/h47,49,55,57,63,65,69-71,73-76,78-79,81-83H,3-46,48,50-54,56,58-62,64,66-68H2,1-2H3,(H,77,80)/b49-47+,57-55+,65-63+. The minimum Gasteiger partial charge on any atom is -0.394 e. The van der Waals surface area contributed by atoms with Gasteiger partial charge in [-0.3, -0.25) is 4.79 Å². The highest BCUT2D eigenvalue weighted by atomic mass is 16.7. The smallest absolute Gasteiger partial charge is 0.220 e. The van der Waals surface area contributed by atoms with Gasteiger partial charge in [0.05, 0.1) is 25.4 Å². The second kappa shape index (κ2) is 65.4. The molecule has 0 aromatic rings. The van der Waals surface area contributed by atoms with Gasteiger partial charge in [0, 0.05) is 6.42 Å². The molecule has 1 saturated heterocycles. The summed E-state index contributed by atoms with van der Waals surface area (Å²) in [7, 11) is 0. The van der Waals surface area contributed by atoms with Crippen molar-refractivity contribution < 1.29 is 39.8 Å². The summed E-state index contributed by atoms with van der Waals surface area (Å²) in [4.78, 5) is 13.1. The van der Waals surface area contributed by atoms with Gasteiger partial charge < -0.3 is 40.3 Å². The normalized spacial score (nSPS) is 18.2. The number of ether oxygens (including phenoxy) is 2. The lowest BCUT2D eigenvalue weighted by Crippen LogP contribution is -2.60. The summed E-state index contributed by atoms with van der Waals surface area (Å²) in [5, 5.41) is 54.7. The molecule has 0 radical (unpaired) electrons. The molecule has 7 unspecified atom stereocenters. The van der Waals surface area contributed by atoms with Crippen LogP contribution in [0.25, 0.3) is 0 Å². The van der Waals surface area contributed by atoms with E-state index in [1.54, 1.807) is 6.08 Å². The van der Waals surface area contributed by atoms with Gasteiger partial charge in [-0.15, -0.1) is 0 Å². The SMILES string of the molecule is CCCCCCCCCCCCCC/C=C/CC/C=C/CC/C=C/C(O)C(COC1OC(CO)C(O)C(O)C1O)NC(=O)CCCCCCCCCCCCCCCCCCCCCCCCCCCCCCCCCCCCCCCCCC. The fraction of sp³-hybridized carbons (Fsp3) is 0.908. The Hall–Kier alpha value is -1.59. The molecule has 0 spiro atoms. The van der Waals surface area contributed by atoms with Crippen LogP contribution in [0.15, 0.2) is 36.5 Å². The Morgan fingerprint density at radius 3 is 0.988 bits per heavy atom. The van der Waals surface area contributed by atoms with Crippen molar-refractivity contribution >= 4 is 5.91 Å². The second-order valence-corrected chi connectivity index (χ2v) is 26.4. The molecular weight excluding hydrogens is 1050 g/mol. The Kier molecular flexibility index (Phi) is 62.6. The summed E-state index contributed by atoms with van der Waals surface area (Å²) >= 11 is 0. The molecule has 502 valence electrons. The molecule has 0 aromatic heterocycles. The van der Waals surface area contributed by atoms with E-state index in [9.17, 15) is 30.3 Å². The quantitative estimate of drug-likeness (QED) is 0.0261. The molecule has 9 heteroatoms. The van der Waals surface area contributed by atoms with Crippen LogP contribution >= 0.6 is 0 Å². The van der Waals surface area contributed by atoms with E-state index in [0.29, 0.717) is 6.42 Å². The number of unbranched alkanes of at least 4 members (excludes halogenated alkanes) is 53. The summed E-state index contributed by atoms with van der Waals surface area (Å²) in [5.74, 6) is -0.183. The first kappa shape index (κ1) is 81.4. The van der Waals surface area contributed by atoms with Crippen LogP contribution in [0.3, 0.4) is 0 Å². The van der Waals surface area contributed by atoms with Crippen molar-refractivity contribution in [2.45, 2.75) is 429 Å². The third kappa shape index (κ3) is 53.9. The van der Waals surface area contributed by atoms with Crippen molar-refractivity contribution in [2.24, 2.45) is 0 Å². The molecule has 85 heavy (non-hydrogen) atoms. The number of carbonyl (C=O) groups is 1. The summed E-state index contributed by atoms with van der Waals surface area (Å²) in [6, 6.07) is -0.828. The molecule has 7 atom stereocenters. The molecule has 0 aliphatic carbocycles. The minimum atomic E-state index is -1.57. The first-order valence-electron chi connectivity index (χ1n) is 37.7. The summed E-state index contributed by atoms with van der Waals surface area (Å²) in [6.07, 6.45) is 81.5. The zero-order valence-corrected chi connectivity index (χ0v) is 56.4. The van der Waals surface area contributed by atoms with Gasteiger partial charge in [0.2, 0.25) is 5.91 Å². The Balaban J connectivity index is 2.05. The van der Waals surface area contributed by atoms with E-state index < -0.39 is 49.5 Å². The van der Waals surface area contributed by atoms with Crippen LogP contribution in [0.5, 0.6) is 0 Å². The zero-order valence-electron chi connectivity index (χ0n) is 56.4. The highest BCUT2D eigenvalue weighted by Gasteiger charge is 2.44. The second-order valence-electron chi connectivity index (χ2n) is 26.4. The van der Waals surface area contributed by atoms with Gasteiger partial charge in [0.1, 0.15) is 24.4 Å². The third-order valence-electron chi connectivity index (χ3n) is 18.2. The highest BCUT2D eigenvalue weighted by molar-refractivity contribution is 5.76. The number of hydrogen-bond donors (Lipinski definition) is 6. The summed E-state index contributed by atoms with van der Waals surface area (Å²) < 4.78 is 11.3. The fourth-order valence-corrected chi connectivity index (χ4v) is 12.3. The van der Waals surface area contributed by atoms with E-state index in [1.165, 1.54) is 321 Å². The predicted octanol–water partition coefficient (Wildman–Crippen LogP) is 21.0. The van der Waals surface area contributed by atoms with Crippen molar-refractivity contribution in [2.75, 3.05) is 13.2 Å². The Labute approximate surface area is 527 Å². The number of rotatable bonds is 67. The van der Waals surface area contributed by atoms with Crippen LogP contribution in [0.4, 0.5) is 0 Å². The number of carbonyl (C=O) groups excluding carboxylic acids is 1. The summed E-state index contributed by atoms with van der Waals surface area (Å²) in [6.45, 7) is 3.81. The van der Waals surface area contributed by atoms with Crippen LogP contribution in [0, 0.1) is 0 Å². The molecular formula is C76H145NO8. The minimum absolute atomic E-state index is 0.183. The lowest BCUT2D eigenvalue weighted by molar-refractivity contribution is -0.302. The number of allylic oxidation sites excluding steroid dienone is 5. The average Bonchev–Trinajstić information content (AvgIpc) is 3.70. The van der Waals surface area contributed by atoms with Gasteiger partial charge in [-0.2, -0.15) is 0 Å². The number of hydrogen-bond acceptors (Lipinski definition) is 8. The van der Waals surface area contributed by atoms with Crippen LogP contribution in [-0.2, 0) is 14.3 Å². The van der Waals surface area contributed by atoms with Gasteiger partial charge in [-0.25, -0.2) is 0 Å². The number of aliphatic hydroxyl groups is 5. The van der Waals surface area contributed by atoms with E-state index in [0.717, 1.165) is 44.9 Å². The van der Waals surface area contributed by atoms with Crippen molar-refractivity contribution in [3.8, 4) is 0 Å². The number of nitrogens with one attached hydrogen (secondary N) is 1. The summed E-state index contributed by atoms with van der Waals surface area (Å²) in [5.41, 5.74) is 0. The van der Waals surface area contributed by atoms with Crippen molar-refractivity contribution in [3.63, 3.8) is 0 Å². The lowest BCUT2D eigenvalue weighted by Gasteiger charge is -2.40. The molecule has 1 aliphatic heterocycles. The van der Waals surface area contributed by atoms with E-state index in [4.69, 9.17) is 9.47 Å². The monoisotopic (exact) mass is 1200 g/mol. The maximum atomic E-state index is 13.1. The van der Waals surface area contributed by atoms with Gasteiger partial charge in [-0.1, -0.05) is 371 Å². The molecule has 0 aromatic carbocycles. The van der Waals surface area contributed by atoms with Gasteiger partial charge >= 0.3 is 0 Å². The molecule has 6 N–H and O–H groups in total. The van der Waals surface area contributed by atoms with Crippen molar-refractivity contribution in [1.82, 2.24) is 5.32 Å². The van der Waals surface area contributed by atoms with Crippen molar-refractivity contribution in [3.05, 3.63) is 36.5 Å². The molecule has 1 amide bonds. The molecule has 9 nitrogen and oxygen atoms in total. The Morgan fingerprint density at radius 1 is 0.388 bits per heavy atom. The third-order valence-corrected chi connectivity index (χ3v) is 18.2. The number of amides is 1. The van der Waals surface area contributed by atoms with E-state index in [2.05, 4.69) is 43.5 Å². The molecule has 1 fully saturated rings. The first-order valence-corrected chi connectivity index (χ1v) is 37.7. The predicted molar refractivity (Wildman–Crippen MR) is 364 cm³/mol. The topological polar surface area (TPSA) is 149 Å². The maximum absolute atomic E-state index is 13.1. The van der Waals surface area contributed by atoms with Crippen LogP contribution in [-0.4, -0.2) is 87.5 Å². The highest BCUT2D eigenvalue weighted by Crippen LogP contribution is 2.24. The molecule has 1 heterocycles.